The Morgan fingerprint density at radius 2 is 1.51 bits per heavy atom. The fraction of sp³-hybridized carbons (Fsp3) is 0.410. The van der Waals surface area contributed by atoms with Crippen LogP contribution in [0.1, 0.15) is 48.2 Å². The largest absolute Gasteiger partial charge is 0.371 e. The fourth-order valence-corrected chi connectivity index (χ4v) is 8.67. The predicted molar refractivity (Wildman–Crippen MR) is 196 cm³/mol. The zero-order valence-corrected chi connectivity index (χ0v) is 28.7. The molecule has 1 saturated carbocycles. The smallest absolute Gasteiger partial charge is 0.328 e. The Hall–Kier alpha value is -5.23. The van der Waals surface area contributed by atoms with Crippen molar-refractivity contribution < 1.29 is 14.4 Å². The number of carbonyl (C=O) groups is 3. The van der Waals surface area contributed by atoms with E-state index in [0.29, 0.717) is 31.3 Å². The van der Waals surface area contributed by atoms with E-state index < -0.39 is 0 Å². The minimum Gasteiger partial charge on any atom is -0.371 e. The lowest BCUT2D eigenvalue weighted by Crippen LogP contribution is -2.55. The second kappa shape index (κ2) is 12.8. The van der Waals surface area contributed by atoms with Crippen molar-refractivity contribution in [2.75, 3.05) is 73.6 Å². The summed E-state index contributed by atoms with van der Waals surface area (Å²) in [6.07, 6.45) is 6.72. The molecule has 0 radical (unpaired) electrons. The number of rotatable bonds is 7. The Morgan fingerprint density at radius 3 is 2.25 bits per heavy atom. The van der Waals surface area contributed by atoms with Gasteiger partial charge >= 0.3 is 6.03 Å². The van der Waals surface area contributed by atoms with E-state index in [1.54, 1.807) is 11.1 Å². The number of urea groups is 1. The maximum atomic E-state index is 12.7. The number of imide groups is 1. The van der Waals surface area contributed by atoms with Crippen molar-refractivity contribution in [1.29, 1.82) is 0 Å². The average Bonchev–Trinajstić information content (AvgIpc) is 3.82. The second-order valence-electron chi connectivity index (χ2n) is 14.8. The van der Waals surface area contributed by atoms with E-state index in [9.17, 15) is 14.4 Å². The SMILES string of the molecule is O=C1CCN(c2ccc(N3CC(CN4CCN(c5ccc(-c6nccc(-c7cc8c([nH]7)C7(CCCC7)CNC8=O)n6)cc5)CC4)C3)cc2)C(=O)N1. The summed E-state index contributed by atoms with van der Waals surface area (Å²) < 4.78 is 0. The van der Waals surface area contributed by atoms with Crippen molar-refractivity contribution in [2.24, 2.45) is 5.92 Å². The van der Waals surface area contributed by atoms with E-state index in [-0.39, 0.29) is 23.3 Å². The molecule has 9 rings (SSSR count). The Balaban J connectivity index is 0.773. The van der Waals surface area contributed by atoms with Gasteiger partial charge in [-0.25, -0.2) is 14.8 Å². The first-order valence-corrected chi connectivity index (χ1v) is 18.3. The number of fused-ring (bicyclic) bond motifs is 2. The van der Waals surface area contributed by atoms with Gasteiger partial charge in [-0.2, -0.15) is 0 Å². The summed E-state index contributed by atoms with van der Waals surface area (Å²) in [5.41, 5.74) is 7.69. The molecule has 51 heavy (non-hydrogen) atoms. The Bertz CT molecular complexity index is 1950. The summed E-state index contributed by atoms with van der Waals surface area (Å²) in [4.78, 5) is 58.5. The Labute approximate surface area is 297 Å². The number of amides is 4. The van der Waals surface area contributed by atoms with Crippen LogP contribution in [0.2, 0.25) is 0 Å². The number of nitrogens with one attached hydrogen (secondary N) is 3. The molecule has 4 amide bonds. The van der Waals surface area contributed by atoms with Crippen LogP contribution in [0.15, 0.2) is 66.9 Å². The van der Waals surface area contributed by atoms with E-state index >= 15 is 0 Å². The number of anilines is 3. The van der Waals surface area contributed by atoms with Crippen molar-refractivity contribution in [2.45, 2.75) is 37.5 Å². The summed E-state index contributed by atoms with van der Waals surface area (Å²) in [6.45, 7) is 8.36. The molecule has 2 aromatic carbocycles. The van der Waals surface area contributed by atoms with Gasteiger partial charge in [0.05, 0.1) is 17.0 Å². The first-order chi connectivity index (χ1) is 24.9. The highest BCUT2D eigenvalue weighted by Crippen LogP contribution is 2.44. The zero-order chi connectivity index (χ0) is 34.5. The van der Waals surface area contributed by atoms with Crippen molar-refractivity contribution >= 4 is 34.9 Å². The van der Waals surface area contributed by atoms with Crippen molar-refractivity contribution in [3.05, 3.63) is 78.1 Å². The monoisotopic (exact) mass is 685 g/mol. The van der Waals surface area contributed by atoms with E-state index in [2.05, 4.69) is 71.7 Å². The molecule has 5 aliphatic rings. The van der Waals surface area contributed by atoms with Crippen LogP contribution in [0.25, 0.3) is 22.8 Å². The number of aromatic nitrogens is 3. The second-order valence-corrected chi connectivity index (χ2v) is 14.8. The number of hydrogen-bond acceptors (Lipinski definition) is 8. The van der Waals surface area contributed by atoms with Crippen LogP contribution in [0.3, 0.4) is 0 Å². The van der Waals surface area contributed by atoms with E-state index in [1.165, 1.54) is 24.2 Å². The van der Waals surface area contributed by atoms with Crippen molar-refractivity contribution in [3.8, 4) is 22.8 Å². The van der Waals surface area contributed by atoms with Crippen molar-refractivity contribution in [1.82, 2.24) is 30.5 Å². The number of carbonyl (C=O) groups excluding carboxylic acids is 3. The molecule has 12 nitrogen and oxygen atoms in total. The first-order valence-electron chi connectivity index (χ1n) is 18.3. The topological polar surface area (TPSA) is 130 Å². The van der Waals surface area contributed by atoms with Crippen LogP contribution in [-0.2, 0) is 10.2 Å². The molecule has 12 heteroatoms. The predicted octanol–water partition coefficient (Wildman–Crippen LogP) is 4.40. The molecule has 262 valence electrons. The summed E-state index contributed by atoms with van der Waals surface area (Å²) in [5, 5.41) is 5.51. The molecular formula is C39H43N9O3. The maximum Gasteiger partial charge on any atom is 0.328 e. The van der Waals surface area contributed by atoms with Crippen LogP contribution in [0, 0.1) is 5.92 Å². The van der Waals surface area contributed by atoms with Gasteiger partial charge in [-0.15, -0.1) is 0 Å². The normalized spacial score (nSPS) is 20.7. The number of H-pyrrole nitrogens is 1. The van der Waals surface area contributed by atoms with Crippen LogP contribution in [0.4, 0.5) is 21.9 Å². The van der Waals surface area contributed by atoms with E-state index in [0.717, 1.165) is 92.6 Å². The highest BCUT2D eigenvalue weighted by atomic mass is 16.2. The highest BCUT2D eigenvalue weighted by Gasteiger charge is 2.43. The molecular weight excluding hydrogens is 642 g/mol. The number of hydrogen-bond donors (Lipinski definition) is 3. The lowest BCUT2D eigenvalue weighted by atomic mass is 9.78. The molecule has 1 spiro atoms. The van der Waals surface area contributed by atoms with Gasteiger partial charge in [0.15, 0.2) is 5.82 Å². The van der Waals surface area contributed by atoms with Crippen LogP contribution in [-0.4, -0.2) is 96.6 Å². The minimum atomic E-state index is -0.350. The lowest BCUT2D eigenvalue weighted by molar-refractivity contribution is -0.120. The van der Waals surface area contributed by atoms with Gasteiger partial charge in [0.25, 0.3) is 5.91 Å². The molecule has 1 aliphatic carbocycles. The van der Waals surface area contributed by atoms with E-state index in [4.69, 9.17) is 4.98 Å². The molecule has 3 N–H and O–H groups in total. The summed E-state index contributed by atoms with van der Waals surface area (Å²) in [6, 6.07) is 20.2. The minimum absolute atomic E-state index is 0.00289. The number of nitrogens with zero attached hydrogens (tertiary/aromatic N) is 6. The third kappa shape index (κ3) is 6.01. The standard InChI is InChI=1S/C39H43N9O3/c49-34-12-16-48(38(51)44-34)30-9-7-29(8-10-30)47-23-26(24-47)22-45-17-19-46(20-18-45)28-5-3-27(4-6-28)36-40-15-11-32(43-36)33-21-31-35(42-33)39(13-1-2-14-39)25-41-37(31)50/h3-11,15,21,26,42H,1-2,12-14,16-20,22-25H2,(H,41,50)(H,44,49,51). The molecule has 2 aromatic heterocycles. The van der Waals surface area contributed by atoms with Crippen LogP contribution >= 0.6 is 0 Å². The average molecular weight is 686 g/mol. The third-order valence-electron chi connectivity index (χ3n) is 11.6. The molecule has 4 fully saturated rings. The van der Waals surface area contributed by atoms with Gasteiger partial charge < -0.3 is 20.1 Å². The molecule has 0 unspecified atom stereocenters. The molecule has 0 bridgehead atoms. The van der Waals surface area contributed by atoms with E-state index in [1.807, 2.05) is 24.3 Å². The van der Waals surface area contributed by atoms with Gasteiger partial charge in [0.2, 0.25) is 5.91 Å². The quantitative estimate of drug-likeness (QED) is 0.261. The Morgan fingerprint density at radius 1 is 0.804 bits per heavy atom. The van der Waals surface area contributed by atoms with Gasteiger partial charge in [-0.05, 0) is 73.5 Å². The zero-order valence-electron chi connectivity index (χ0n) is 28.7. The first kappa shape index (κ1) is 31.7. The van der Waals surface area contributed by atoms with Gasteiger partial charge in [-0.1, -0.05) is 12.8 Å². The Kier molecular flexibility index (Phi) is 7.98. The van der Waals surface area contributed by atoms with Crippen LogP contribution < -0.4 is 25.3 Å². The van der Waals surface area contributed by atoms with Gasteiger partial charge in [0, 0.05) is 111 Å². The molecule has 3 saturated heterocycles. The number of aromatic amines is 1. The van der Waals surface area contributed by atoms with Crippen molar-refractivity contribution in [3.63, 3.8) is 0 Å². The van der Waals surface area contributed by atoms with Gasteiger partial charge in [0.1, 0.15) is 0 Å². The number of piperazine rings is 1. The lowest BCUT2D eigenvalue weighted by Gasteiger charge is -2.45. The van der Waals surface area contributed by atoms with Crippen LogP contribution in [0.5, 0.6) is 0 Å². The third-order valence-corrected chi connectivity index (χ3v) is 11.6. The summed E-state index contributed by atoms with van der Waals surface area (Å²) in [7, 11) is 0. The fourth-order valence-electron chi connectivity index (χ4n) is 8.67. The van der Waals surface area contributed by atoms with Gasteiger partial charge in [-0.3, -0.25) is 24.7 Å². The summed E-state index contributed by atoms with van der Waals surface area (Å²) in [5.74, 6) is 1.10. The summed E-state index contributed by atoms with van der Waals surface area (Å²) >= 11 is 0. The molecule has 4 aromatic rings. The molecule has 6 heterocycles. The highest BCUT2D eigenvalue weighted by molar-refractivity contribution is 6.05. The molecule has 4 aliphatic heterocycles. The number of benzene rings is 2. The maximum absolute atomic E-state index is 12.7. The molecule has 0 atom stereocenters.